The summed E-state index contributed by atoms with van der Waals surface area (Å²) in [4.78, 5) is 11.6. The van der Waals surface area contributed by atoms with Crippen molar-refractivity contribution in [1.29, 1.82) is 0 Å². The minimum atomic E-state index is -0.278. The molecule has 0 bridgehead atoms. The van der Waals surface area contributed by atoms with Crippen molar-refractivity contribution < 1.29 is 4.39 Å². The van der Waals surface area contributed by atoms with Gasteiger partial charge in [-0.1, -0.05) is 26.0 Å². The van der Waals surface area contributed by atoms with Gasteiger partial charge in [-0.05, 0) is 46.6 Å². The number of nitrogens with one attached hydrogen (secondary N) is 1. The summed E-state index contributed by atoms with van der Waals surface area (Å²) in [5.74, 6) is 0.248. The molecule has 3 rings (SSSR count). The molecule has 5 heteroatoms. The molecule has 1 aromatic carbocycles. The second-order valence-electron chi connectivity index (χ2n) is 4.45. The van der Waals surface area contributed by atoms with Crippen LogP contribution in [0.15, 0.2) is 47.3 Å². The summed E-state index contributed by atoms with van der Waals surface area (Å²) in [6, 6.07) is 8.76. The maximum atomic E-state index is 13.9. The number of halogens is 2. The fraction of sp³-hybridized carbons (Fsp3) is 0.176. The quantitative estimate of drug-likeness (QED) is 0.623. The van der Waals surface area contributed by atoms with Crippen LogP contribution in [0.4, 0.5) is 4.39 Å². The van der Waals surface area contributed by atoms with E-state index in [9.17, 15) is 4.39 Å². The van der Waals surface area contributed by atoms with Gasteiger partial charge < -0.3 is 4.98 Å². The van der Waals surface area contributed by atoms with Gasteiger partial charge in [0.2, 0.25) is 0 Å². The van der Waals surface area contributed by atoms with Gasteiger partial charge >= 0.3 is 0 Å². The van der Waals surface area contributed by atoms with Crippen molar-refractivity contribution in [1.82, 2.24) is 15.0 Å². The Kier molecular flexibility index (Phi) is 5.44. The van der Waals surface area contributed by atoms with E-state index < -0.39 is 0 Å². The Hall–Kier alpha value is -2.01. The lowest BCUT2D eigenvalue weighted by molar-refractivity contribution is 0.629. The molecule has 0 atom stereocenters. The number of pyridine rings is 1. The standard InChI is InChI=1S/C15H11BrFN3.C2H6/c1-9-3-2-4-11(17)14(9)15-19-8-12(20-15)10-5-6-13(16)18-7-10;1-2/h2-8H,1H3,(H,19,20);1-2H3. The van der Waals surface area contributed by atoms with Gasteiger partial charge in [0.15, 0.2) is 0 Å². The number of aromatic amines is 1. The summed E-state index contributed by atoms with van der Waals surface area (Å²) in [5, 5.41) is 0. The highest BCUT2D eigenvalue weighted by molar-refractivity contribution is 9.10. The van der Waals surface area contributed by atoms with Gasteiger partial charge in [-0.2, -0.15) is 0 Å². The highest BCUT2D eigenvalue weighted by Crippen LogP contribution is 2.26. The Morgan fingerprint density at radius 3 is 2.45 bits per heavy atom. The Balaban J connectivity index is 0.000000847. The first-order valence-electron chi connectivity index (χ1n) is 7.07. The Morgan fingerprint density at radius 2 is 1.82 bits per heavy atom. The maximum Gasteiger partial charge on any atom is 0.140 e. The van der Waals surface area contributed by atoms with Crippen LogP contribution in [0.1, 0.15) is 19.4 Å². The Bertz CT molecular complexity index is 731. The zero-order chi connectivity index (χ0) is 16.1. The number of H-pyrrole nitrogens is 1. The largest absolute Gasteiger partial charge is 0.338 e. The minimum absolute atomic E-state index is 0.278. The molecule has 22 heavy (non-hydrogen) atoms. The first kappa shape index (κ1) is 16.4. The molecule has 0 radical (unpaired) electrons. The predicted octanol–water partition coefficient (Wildman–Crippen LogP) is 5.37. The van der Waals surface area contributed by atoms with Crippen LogP contribution in [0.2, 0.25) is 0 Å². The van der Waals surface area contributed by atoms with Crippen LogP contribution in [0.5, 0.6) is 0 Å². The molecule has 2 aromatic heterocycles. The molecule has 0 saturated carbocycles. The summed E-state index contributed by atoms with van der Waals surface area (Å²) in [6.45, 7) is 5.86. The normalized spacial score (nSPS) is 10.0. The molecular weight excluding hydrogens is 345 g/mol. The van der Waals surface area contributed by atoms with Crippen LogP contribution in [-0.2, 0) is 0 Å². The summed E-state index contributed by atoms with van der Waals surface area (Å²) in [6.07, 6.45) is 3.42. The zero-order valence-electron chi connectivity index (χ0n) is 12.7. The van der Waals surface area contributed by atoms with Crippen molar-refractivity contribution >= 4 is 15.9 Å². The van der Waals surface area contributed by atoms with Crippen LogP contribution in [0.3, 0.4) is 0 Å². The minimum Gasteiger partial charge on any atom is -0.338 e. The number of benzene rings is 1. The molecule has 0 spiro atoms. The van der Waals surface area contributed by atoms with Gasteiger partial charge in [0.1, 0.15) is 16.2 Å². The molecular formula is C17H17BrFN3. The molecule has 0 aliphatic carbocycles. The highest BCUT2D eigenvalue weighted by Gasteiger charge is 2.12. The molecule has 0 fully saturated rings. The average molecular weight is 362 g/mol. The van der Waals surface area contributed by atoms with Crippen molar-refractivity contribution in [3.63, 3.8) is 0 Å². The molecule has 3 nitrogen and oxygen atoms in total. The molecule has 1 N–H and O–H groups in total. The van der Waals surface area contributed by atoms with Crippen LogP contribution >= 0.6 is 15.9 Å². The second kappa shape index (κ2) is 7.31. The van der Waals surface area contributed by atoms with E-state index in [2.05, 4.69) is 30.9 Å². The number of aryl methyl sites for hydroxylation is 1. The average Bonchev–Trinajstić information content (AvgIpc) is 2.99. The SMILES string of the molecule is CC.Cc1cccc(F)c1-c1ncc(-c2ccc(Br)nc2)[nH]1. The third-order valence-electron chi connectivity index (χ3n) is 3.07. The number of nitrogens with zero attached hydrogens (tertiary/aromatic N) is 2. The van der Waals surface area contributed by atoms with E-state index in [0.29, 0.717) is 11.4 Å². The number of hydrogen-bond donors (Lipinski definition) is 1. The van der Waals surface area contributed by atoms with E-state index in [1.165, 1.54) is 6.07 Å². The second-order valence-corrected chi connectivity index (χ2v) is 5.26. The summed E-state index contributed by atoms with van der Waals surface area (Å²) in [7, 11) is 0. The van der Waals surface area contributed by atoms with E-state index in [4.69, 9.17) is 0 Å². The summed E-state index contributed by atoms with van der Waals surface area (Å²) >= 11 is 3.29. The first-order valence-corrected chi connectivity index (χ1v) is 7.87. The fourth-order valence-electron chi connectivity index (χ4n) is 2.06. The molecule has 114 valence electrons. The third-order valence-corrected chi connectivity index (χ3v) is 3.54. The van der Waals surface area contributed by atoms with Crippen molar-refractivity contribution in [3.8, 4) is 22.6 Å². The van der Waals surface area contributed by atoms with Crippen LogP contribution in [0.25, 0.3) is 22.6 Å². The molecule has 0 saturated heterocycles. The lowest BCUT2D eigenvalue weighted by atomic mass is 10.1. The first-order chi connectivity index (χ1) is 10.6. The predicted molar refractivity (Wildman–Crippen MR) is 91.0 cm³/mol. The molecule has 0 aliphatic rings. The molecule has 0 aliphatic heterocycles. The van der Waals surface area contributed by atoms with Crippen molar-refractivity contribution in [2.45, 2.75) is 20.8 Å². The third kappa shape index (κ3) is 3.42. The van der Waals surface area contributed by atoms with Gasteiger partial charge in [-0.3, -0.25) is 0 Å². The van der Waals surface area contributed by atoms with Crippen LogP contribution < -0.4 is 0 Å². The van der Waals surface area contributed by atoms with Crippen molar-refractivity contribution in [2.24, 2.45) is 0 Å². The molecule has 3 aromatic rings. The number of aromatic nitrogens is 3. The highest BCUT2D eigenvalue weighted by atomic mass is 79.9. The lowest BCUT2D eigenvalue weighted by Gasteiger charge is -2.03. The van der Waals surface area contributed by atoms with E-state index in [1.807, 2.05) is 39.0 Å². The zero-order valence-corrected chi connectivity index (χ0v) is 14.3. The Morgan fingerprint density at radius 1 is 1.05 bits per heavy atom. The summed E-state index contributed by atoms with van der Waals surface area (Å²) < 4.78 is 14.7. The molecule has 2 heterocycles. The maximum absolute atomic E-state index is 13.9. The van der Waals surface area contributed by atoms with Gasteiger partial charge in [0, 0.05) is 11.8 Å². The number of rotatable bonds is 2. The van der Waals surface area contributed by atoms with Gasteiger partial charge in [0.25, 0.3) is 0 Å². The van der Waals surface area contributed by atoms with Gasteiger partial charge in [-0.15, -0.1) is 0 Å². The number of imidazole rings is 1. The van der Waals surface area contributed by atoms with Crippen LogP contribution in [-0.4, -0.2) is 15.0 Å². The molecule has 0 unspecified atom stereocenters. The van der Waals surface area contributed by atoms with Crippen molar-refractivity contribution in [2.75, 3.05) is 0 Å². The lowest BCUT2D eigenvalue weighted by Crippen LogP contribution is -1.90. The van der Waals surface area contributed by atoms with Gasteiger partial charge in [-0.25, -0.2) is 14.4 Å². The van der Waals surface area contributed by atoms with E-state index in [0.717, 1.165) is 21.4 Å². The number of hydrogen-bond acceptors (Lipinski definition) is 2. The Labute approximate surface area is 137 Å². The molecule has 0 amide bonds. The topological polar surface area (TPSA) is 41.6 Å². The van der Waals surface area contributed by atoms with E-state index in [-0.39, 0.29) is 5.82 Å². The smallest absolute Gasteiger partial charge is 0.140 e. The van der Waals surface area contributed by atoms with E-state index in [1.54, 1.807) is 18.5 Å². The van der Waals surface area contributed by atoms with Crippen LogP contribution in [0, 0.1) is 12.7 Å². The summed E-state index contributed by atoms with van der Waals surface area (Å²) in [5.41, 5.74) is 3.06. The monoisotopic (exact) mass is 361 g/mol. The van der Waals surface area contributed by atoms with Crippen molar-refractivity contribution in [3.05, 3.63) is 58.7 Å². The fourth-order valence-corrected chi connectivity index (χ4v) is 2.30. The van der Waals surface area contributed by atoms with Gasteiger partial charge in [0.05, 0.1) is 17.5 Å². The van der Waals surface area contributed by atoms with E-state index >= 15 is 0 Å².